The smallest absolute Gasteiger partial charge is 0.159 e. The van der Waals surface area contributed by atoms with Crippen LogP contribution in [0.4, 0.5) is 0 Å². The van der Waals surface area contributed by atoms with Gasteiger partial charge in [0.1, 0.15) is 11.3 Å². The summed E-state index contributed by atoms with van der Waals surface area (Å²) < 4.78 is 4.20. The molecule has 3 aromatic rings. The zero-order chi connectivity index (χ0) is 15.1. The second-order valence-corrected chi connectivity index (χ2v) is 7.04. The summed E-state index contributed by atoms with van der Waals surface area (Å²) in [5.41, 5.74) is 3.03. The summed E-state index contributed by atoms with van der Waals surface area (Å²) in [6.07, 6.45) is 0.768. The molecule has 6 heteroatoms. The number of aromatic nitrogens is 4. The van der Waals surface area contributed by atoms with Gasteiger partial charge >= 0.3 is 0 Å². The van der Waals surface area contributed by atoms with Gasteiger partial charge in [-0.3, -0.25) is 4.68 Å². The first-order valence-electron chi connectivity index (χ1n) is 7.05. The number of hydrogen-bond donors (Lipinski definition) is 0. The van der Waals surface area contributed by atoms with Crippen molar-refractivity contribution in [3.8, 4) is 0 Å². The quantitative estimate of drug-likeness (QED) is 0.684. The lowest BCUT2D eigenvalue weighted by Crippen LogP contribution is -2.12. The number of thiophene rings is 1. The summed E-state index contributed by atoms with van der Waals surface area (Å²) in [5, 5.41) is 4.50. The Bertz CT molecular complexity index is 783. The molecule has 0 saturated carbocycles. The van der Waals surface area contributed by atoms with Crippen molar-refractivity contribution >= 4 is 34.1 Å². The normalized spacial score (nSPS) is 13.2. The van der Waals surface area contributed by atoms with Crippen LogP contribution in [0.1, 0.15) is 34.2 Å². The Morgan fingerprint density at radius 3 is 2.71 bits per heavy atom. The van der Waals surface area contributed by atoms with Crippen molar-refractivity contribution in [2.75, 3.05) is 5.88 Å². The van der Waals surface area contributed by atoms with Gasteiger partial charge in [-0.25, -0.2) is 4.98 Å². The van der Waals surface area contributed by atoms with Gasteiger partial charge in [0.2, 0.25) is 0 Å². The second kappa shape index (κ2) is 5.46. The standard InChI is InChI=1S/C15H19ClN4S/c1-9-5-6-12(21-9)11(3)20-13(7-8-16)17-14-10(2)18-19(4)15(14)20/h5-6,11H,7-8H2,1-4H3. The SMILES string of the molecule is Cc1ccc(C(C)n2c(CCCl)nc3c(C)nn(C)c32)s1. The molecule has 0 aromatic carbocycles. The number of aryl methyl sites for hydroxylation is 4. The second-order valence-electron chi connectivity index (χ2n) is 5.34. The monoisotopic (exact) mass is 322 g/mol. The van der Waals surface area contributed by atoms with Gasteiger partial charge < -0.3 is 4.57 Å². The molecule has 21 heavy (non-hydrogen) atoms. The predicted octanol–water partition coefficient (Wildman–Crippen LogP) is 3.84. The number of halogens is 1. The summed E-state index contributed by atoms with van der Waals surface area (Å²) in [7, 11) is 1.98. The number of nitrogens with zero attached hydrogens (tertiary/aromatic N) is 4. The molecule has 0 fully saturated rings. The van der Waals surface area contributed by atoms with Crippen molar-refractivity contribution in [1.29, 1.82) is 0 Å². The molecule has 0 saturated heterocycles. The molecule has 0 spiro atoms. The summed E-state index contributed by atoms with van der Waals surface area (Å²) in [6.45, 7) is 6.36. The predicted molar refractivity (Wildman–Crippen MR) is 88.5 cm³/mol. The molecule has 0 aliphatic heterocycles. The van der Waals surface area contributed by atoms with Crippen LogP contribution in [0.15, 0.2) is 12.1 Å². The van der Waals surface area contributed by atoms with Gasteiger partial charge in [0.05, 0.1) is 11.7 Å². The zero-order valence-electron chi connectivity index (χ0n) is 12.7. The maximum Gasteiger partial charge on any atom is 0.159 e. The molecule has 0 bridgehead atoms. The van der Waals surface area contributed by atoms with Gasteiger partial charge in [0, 0.05) is 29.1 Å². The first-order valence-corrected chi connectivity index (χ1v) is 8.40. The molecule has 1 atom stereocenters. The summed E-state index contributed by atoms with van der Waals surface area (Å²) in [5.74, 6) is 1.61. The lowest BCUT2D eigenvalue weighted by molar-refractivity contribution is 0.607. The fourth-order valence-corrected chi connectivity index (χ4v) is 3.90. The molecule has 3 aromatic heterocycles. The molecule has 112 valence electrons. The van der Waals surface area contributed by atoms with Gasteiger partial charge in [0.15, 0.2) is 5.65 Å². The van der Waals surface area contributed by atoms with Crippen LogP contribution in [0.5, 0.6) is 0 Å². The zero-order valence-corrected chi connectivity index (χ0v) is 14.3. The minimum Gasteiger partial charge on any atom is -0.305 e. The molecule has 1 unspecified atom stereocenters. The molecule has 0 radical (unpaired) electrons. The molecular weight excluding hydrogens is 304 g/mol. The van der Waals surface area contributed by atoms with Crippen molar-refractivity contribution in [3.63, 3.8) is 0 Å². The van der Waals surface area contributed by atoms with Crippen LogP contribution >= 0.6 is 22.9 Å². The van der Waals surface area contributed by atoms with Crippen LogP contribution in [0.25, 0.3) is 11.2 Å². The highest BCUT2D eigenvalue weighted by Crippen LogP contribution is 2.31. The Labute approximate surface area is 133 Å². The Kier molecular flexibility index (Phi) is 3.80. The van der Waals surface area contributed by atoms with Crippen molar-refractivity contribution in [2.24, 2.45) is 7.05 Å². The number of hydrogen-bond acceptors (Lipinski definition) is 3. The summed E-state index contributed by atoms with van der Waals surface area (Å²) >= 11 is 7.79. The first kappa shape index (κ1) is 14.6. The molecule has 0 N–H and O–H groups in total. The van der Waals surface area contributed by atoms with E-state index >= 15 is 0 Å². The average Bonchev–Trinajstić information content (AvgIpc) is 3.08. The van der Waals surface area contributed by atoms with Crippen LogP contribution in [0, 0.1) is 13.8 Å². The molecule has 3 heterocycles. The van der Waals surface area contributed by atoms with Gasteiger partial charge in [-0.2, -0.15) is 5.10 Å². The highest BCUT2D eigenvalue weighted by Gasteiger charge is 2.22. The van der Waals surface area contributed by atoms with Crippen LogP contribution in [0.3, 0.4) is 0 Å². The van der Waals surface area contributed by atoms with E-state index in [2.05, 4.69) is 35.6 Å². The van der Waals surface area contributed by atoms with Gasteiger partial charge in [-0.15, -0.1) is 22.9 Å². The minimum atomic E-state index is 0.238. The van der Waals surface area contributed by atoms with Crippen LogP contribution in [0.2, 0.25) is 0 Å². The van der Waals surface area contributed by atoms with Gasteiger partial charge in [-0.05, 0) is 32.9 Å². The average molecular weight is 323 g/mol. The van der Waals surface area contributed by atoms with Crippen molar-refractivity contribution in [2.45, 2.75) is 33.2 Å². The van der Waals surface area contributed by atoms with Crippen molar-refractivity contribution < 1.29 is 0 Å². The highest BCUT2D eigenvalue weighted by molar-refractivity contribution is 7.12. The number of alkyl halides is 1. The van der Waals surface area contributed by atoms with Crippen molar-refractivity contribution in [1.82, 2.24) is 19.3 Å². The topological polar surface area (TPSA) is 35.6 Å². The van der Waals surface area contributed by atoms with Crippen molar-refractivity contribution in [3.05, 3.63) is 33.4 Å². The Hall–Kier alpha value is -1.33. The highest BCUT2D eigenvalue weighted by atomic mass is 35.5. The largest absolute Gasteiger partial charge is 0.305 e. The Morgan fingerprint density at radius 2 is 2.10 bits per heavy atom. The molecule has 0 aliphatic carbocycles. The van der Waals surface area contributed by atoms with Gasteiger partial charge in [0.25, 0.3) is 0 Å². The number of rotatable bonds is 4. The maximum atomic E-state index is 5.96. The summed E-state index contributed by atoms with van der Waals surface area (Å²) in [6, 6.07) is 4.60. The lowest BCUT2D eigenvalue weighted by atomic mass is 10.2. The molecule has 0 amide bonds. The molecule has 3 rings (SSSR count). The molecule has 0 aliphatic rings. The van der Waals surface area contributed by atoms with E-state index in [-0.39, 0.29) is 6.04 Å². The third kappa shape index (κ3) is 2.38. The number of imidazole rings is 1. The third-order valence-corrected chi connectivity index (χ3v) is 5.15. The van der Waals surface area contributed by atoms with E-state index in [1.165, 1.54) is 9.75 Å². The maximum absolute atomic E-state index is 5.96. The summed E-state index contributed by atoms with van der Waals surface area (Å²) in [4.78, 5) is 7.44. The van der Waals surface area contributed by atoms with E-state index in [1.54, 1.807) is 0 Å². The van der Waals surface area contributed by atoms with E-state index in [0.29, 0.717) is 5.88 Å². The Balaban J connectivity index is 2.20. The van der Waals surface area contributed by atoms with E-state index in [0.717, 1.165) is 29.1 Å². The van der Waals surface area contributed by atoms with Crippen LogP contribution < -0.4 is 0 Å². The fraction of sp³-hybridized carbons (Fsp3) is 0.467. The lowest BCUT2D eigenvalue weighted by Gasteiger charge is -2.16. The minimum absolute atomic E-state index is 0.238. The van der Waals surface area contributed by atoms with E-state index < -0.39 is 0 Å². The molecular formula is C15H19ClN4S. The van der Waals surface area contributed by atoms with E-state index in [1.807, 2.05) is 30.0 Å². The molecule has 4 nitrogen and oxygen atoms in total. The third-order valence-electron chi connectivity index (χ3n) is 3.79. The number of fused-ring (bicyclic) bond motifs is 1. The van der Waals surface area contributed by atoms with E-state index in [4.69, 9.17) is 16.6 Å². The van der Waals surface area contributed by atoms with Crippen LogP contribution in [-0.4, -0.2) is 25.2 Å². The van der Waals surface area contributed by atoms with Gasteiger partial charge in [-0.1, -0.05) is 0 Å². The van der Waals surface area contributed by atoms with E-state index in [9.17, 15) is 0 Å². The Morgan fingerprint density at radius 1 is 1.33 bits per heavy atom. The first-order chi connectivity index (χ1) is 10.0. The van der Waals surface area contributed by atoms with Crippen LogP contribution in [-0.2, 0) is 13.5 Å². The fourth-order valence-electron chi connectivity index (χ4n) is 2.81.